The average Bonchev–Trinajstić information content (AvgIpc) is 2.48. The van der Waals surface area contributed by atoms with Gasteiger partial charge in [0, 0.05) is 19.0 Å². The Morgan fingerprint density at radius 1 is 1.29 bits per heavy atom. The molecule has 2 rings (SSSR count). The SMILES string of the molecule is CC.CCCN(C)C(=O)c1nc(N)nc2ccc(C)cc12. The maximum atomic E-state index is 12.4. The van der Waals surface area contributed by atoms with Gasteiger partial charge in [-0.1, -0.05) is 32.4 Å². The fourth-order valence-corrected chi connectivity index (χ4v) is 2.04. The quantitative estimate of drug-likeness (QED) is 0.942. The second-order valence-electron chi connectivity index (χ2n) is 4.68. The molecule has 1 amide bonds. The predicted octanol–water partition coefficient (Wildman–Crippen LogP) is 3.03. The molecule has 5 nitrogen and oxygen atoms in total. The van der Waals surface area contributed by atoms with E-state index in [1.54, 1.807) is 11.9 Å². The van der Waals surface area contributed by atoms with Crippen LogP contribution in [-0.4, -0.2) is 34.4 Å². The third-order valence-corrected chi connectivity index (χ3v) is 2.98. The molecule has 0 aliphatic rings. The molecule has 0 aliphatic carbocycles. The van der Waals surface area contributed by atoms with E-state index < -0.39 is 0 Å². The fraction of sp³-hybridized carbons (Fsp3) is 0.438. The van der Waals surface area contributed by atoms with Gasteiger partial charge in [0.2, 0.25) is 5.95 Å². The normalized spacial score (nSPS) is 9.95. The van der Waals surface area contributed by atoms with Crippen molar-refractivity contribution in [3.8, 4) is 0 Å². The predicted molar refractivity (Wildman–Crippen MR) is 87.3 cm³/mol. The smallest absolute Gasteiger partial charge is 0.273 e. The van der Waals surface area contributed by atoms with Gasteiger partial charge in [-0.05, 0) is 25.5 Å². The Balaban J connectivity index is 0.00000106. The van der Waals surface area contributed by atoms with E-state index in [4.69, 9.17) is 5.73 Å². The van der Waals surface area contributed by atoms with Crippen molar-refractivity contribution in [2.24, 2.45) is 0 Å². The summed E-state index contributed by atoms with van der Waals surface area (Å²) in [5.74, 6) is 0.0103. The zero-order valence-corrected chi connectivity index (χ0v) is 13.5. The summed E-state index contributed by atoms with van der Waals surface area (Å²) in [6, 6.07) is 5.72. The lowest BCUT2D eigenvalue weighted by atomic mass is 10.1. The molecule has 1 aromatic carbocycles. The van der Waals surface area contributed by atoms with E-state index in [1.165, 1.54) is 0 Å². The molecule has 0 radical (unpaired) electrons. The van der Waals surface area contributed by atoms with Crippen molar-refractivity contribution < 1.29 is 4.79 Å². The van der Waals surface area contributed by atoms with Crippen LogP contribution in [-0.2, 0) is 0 Å². The van der Waals surface area contributed by atoms with Crippen LogP contribution >= 0.6 is 0 Å². The number of fused-ring (bicyclic) bond motifs is 1. The van der Waals surface area contributed by atoms with Crippen molar-refractivity contribution in [2.45, 2.75) is 34.1 Å². The van der Waals surface area contributed by atoms with Crippen LogP contribution in [0.5, 0.6) is 0 Å². The highest BCUT2D eigenvalue weighted by Gasteiger charge is 2.17. The molecule has 114 valence electrons. The second kappa shape index (κ2) is 7.57. The van der Waals surface area contributed by atoms with Crippen LogP contribution < -0.4 is 5.73 Å². The van der Waals surface area contributed by atoms with E-state index >= 15 is 0 Å². The van der Waals surface area contributed by atoms with Crippen LogP contribution in [0.3, 0.4) is 0 Å². The number of aromatic nitrogens is 2. The summed E-state index contributed by atoms with van der Waals surface area (Å²) >= 11 is 0. The number of nitrogens with two attached hydrogens (primary N) is 1. The first kappa shape index (κ1) is 16.9. The van der Waals surface area contributed by atoms with Gasteiger partial charge in [-0.3, -0.25) is 4.79 Å². The maximum Gasteiger partial charge on any atom is 0.273 e. The third kappa shape index (κ3) is 3.90. The number of nitrogen functional groups attached to an aromatic ring is 1. The minimum absolute atomic E-state index is 0.119. The molecule has 2 aromatic rings. The van der Waals surface area contributed by atoms with Gasteiger partial charge < -0.3 is 10.6 Å². The molecule has 2 N–H and O–H groups in total. The molecule has 0 spiro atoms. The van der Waals surface area contributed by atoms with Crippen molar-refractivity contribution >= 4 is 22.8 Å². The van der Waals surface area contributed by atoms with Crippen molar-refractivity contribution in [1.82, 2.24) is 14.9 Å². The maximum absolute atomic E-state index is 12.4. The zero-order chi connectivity index (χ0) is 16.0. The largest absolute Gasteiger partial charge is 0.368 e. The zero-order valence-electron chi connectivity index (χ0n) is 13.5. The van der Waals surface area contributed by atoms with Crippen LogP contribution in [0.4, 0.5) is 5.95 Å². The molecule has 21 heavy (non-hydrogen) atoms. The van der Waals surface area contributed by atoms with Crippen molar-refractivity contribution in [1.29, 1.82) is 0 Å². The average molecular weight is 288 g/mol. The molecule has 0 unspecified atom stereocenters. The lowest BCUT2D eigenvalue weighted by Crippen LogP contribution is -2.28. The van der Waals surface area contributed by atoms with Crippen LogP contribution in [0.15, 0.2) is 18.2 Å². The summed E-state index contributed by atoms with van der Waals surface area (Å²) in [6.45, 7) is 8.69. The number of nitrogens with zero attached hydrogens (tertiary/aromatic N) is 3. The number of rotatable bonds is 3. The molecule has 0 aliphatic heterocycles. The van der Waals surface area contributed by atoms with E-state index in [0.717, 1.165) is 17.4 Å². The third-order valence-electron chi connectivity index (χ3n) is 2.98. The van der Waals surface area contributed by atoms with E-state index in [2.05, 4.69) is 9.97 Å². The minimum Gasteiger partial charge on any atom is -0.368 e. The summed E-state index contributed by atoms with van der Waals surface area (Å²) in [5.41, 5.74) is 7.82. The van der Waals surface area contributed by atoms with Crippen LogP contribution in [0, 0.1) is 6.92 Å². The van der Waals surface area contributed by atoms with E-state index in [1.807, 2.05) is 45.9 Å². The highest BCUT2D eigenvalue weighted by atomic mass is 16.2. The molecule has 0 atom stereocenters. The Labute approximate surface area is 126 Å². The molecular formula is C16H24N4O. The van der Waals surface area contributed by atoms with E-state index in [9.17, 15) is 4.79 Å². The number of aryl methyl sites for hydroxylation is 1. The summed E-state index contributed by atoms with van der Waals surface area (Å²) in [5, 5.41) is 0.752. The second-order valence-corrected chi connectivity index (χ2v) is 4.68. The number of hydrogen-bond acceptors (Lipinski definition) is 4. The highest BCUT2D eigenvalue weighted by molar-refractivity contribution is 6.04. The van der Waals surface area contributed by atoms with Gasteiger partial charge in [0.05, 0.1) is 5.52 Å². The first-order valence-electron chi connectivity index (χ1n) is 7.32. The Morgan fingerprint density at radius 2 is 1.95 bits per heavy atom. The van der Waals surface area contributed by atoms with Crippen molar-refractivity contribution in [3.05, 3.63) is 29.5 Å². The monoisotopic (exact) mass is 288 g/mol. The summed E-state index contributed by atoms with van der Waals surface area (Å²) in [7, 11) is 1.77. The molecule has 0 saturated carbocycles. The summed E-state index contributed by atoms with van der Waals surface area (Å²) in [4.78, 5) is 22.3. The Morgan fingerprint density at radius 3 is 2.57 bits per heavy atom. The topological polar surface area (TPSA) is 72.1 Å². The lowest BCUT2D eigenvalue weighted by Gasteiger charge is -2.16. The summed E-state index contributed by atoms with van der Waals surface area (Å²) < 4.78 is 0. The molecule has 1 aromatic heterocycles. The fourth-order valence-electron chi connectivity index (χ4n) is 2.04. The van der Waals surface area contributed by atoms with Crippen molar-refractivity contribution in [2.75, 3.05) is 19.3 Å². The number of anilines is 1. The molecule has 0 saturated heterocycles. The number of carbonyl (C=O) groups is 1. The van der Waals surface area contributed by atoms with Crippen LogP contribution in [0.25, 0.3) is 10.9 Å². The molecule has 0 fully saturated rings. The van der Waals surface area contributed by atoms with Gasteiger partial charge in [-0.25, -0.2) is 9.97 Å². The van der Waals surface area contributed by atoms with Gasteiger partial charge in [0.1, 0.15) is 5.69 Å². The number of carbonyl (C=O) groups excluding carboxylic acids is 1. The van der Waals surface area contributed by atoms with Gasteiger partial charge in [-0.15, -0.1) is 0 Å². The Bertz CT molecular complexity index is 625. The number of hydrogen-bond donors (Lipinski definition) is 1. The lowest BCUT2D eigenvalue weighted by molar-refractivity contribution is 0.0791. The molecule has 1 heterocycles. The number of amides is 1. The number of benzene rings is 1. The van der Waals surface area contributed by atoms with E-state index in [-0.39, 0.29) is 11.9 Å². The van der Waals surface area contributed by atoms with Crippen LogP contribution in [0.2, 0.25) is 0 Å². The van der Waals surface area contributed by atoms with Gasteiger partial charge >= 0.3 is 0 Å². The summed E-state index contributed by atoms with van der Waals surface area (Å²) in [6.07, 6.45) is 0.903. The van der Waals surface area contributed by atoms with Gasteiger partial charge in [0.25, 0.3) is 5.91 Å². The van der Waals surface area contributed by atoms with Gasteiger partial charge in [-0.2, -0.15) is 0 Å². The minimum atomic E-state index is -0.119. The van der Waals surface area contributed by atoms with Crippen molar-refractivity contribution in [3.63, 3.8) is 0 Å². The van der Waals surface area contributed by atoms with E-state index in [0.29, 0.717) is 17.8 Å². The first-order chi connectivity index (χ1) is 10.0. The molecular weight excluding hydrogens is 264 g/mol. The molecule has 0 bridgehead atoms. The first-order valence-corrected chi connectivity index (χ1v) is 7.32. The Kier molecular flexibility index (Phi) is 6.09. The standard InChI is InChI=1S/C14H18N4O.C2H6/c1-4-7-18(3)13(19)12-10-8-9(2)5-6-11(10)16-14(15)17-12;1-2/h5-6,8H,4,7H2,1-3H3,(H2,15,16,17);1-2H3. The molecule has 5 heteroatoms. The highest BCUT2D eigenvalue weighted by Crippen LogP contribution is 2.19. The Hall–Kier alpha value is -2.17. The van der Waals surface area contributed by atoms with Crippen LogP contribution in [0.1, 0.15) is 43.2 Å². The van der Waals surface area contributed by atoms with Gasteiger partial charge in [0.15, 0.2) is 0 Å².